The Kier molecular flexibility index (Phi) is 4.48. The Morgan fingerprint density at radius 2 is 1.91 bits per heavy atom. The minimum Gasteiger partial charge on any atom is -0.326 e. The maximum atomic E-state index is 12.9. The fourth-order valence-electron chi connectivity index (χ4n) is 2.41. The molecule has 3 aromatic rings. The molecular weight excluding hydrogens is 333 g/mol. The highest BCUT2D eigenvalue weighted by Crippen LogP contribution is 2.30. The summed E-state index contributed by atoms with van der Waals surface area (Å²) in [5, 5.41) is 7.77. The van der Waals surface area contributed by atoms with Gasteiger partial charge in [-0.15, -0.1) is 0 Å². The Morgan fingerprint density at radius 1 is 1.13 bits per heavy atom. The van der Waals surface area contributed by atoms with Crippen molar-refractivity contribution in [2.45, 2.75) is 6.54 Å². The van der Waals surface area contributed by atoms with E-state index in [1.807, 2.05) is 0 Å². The number of carbonyl (C=O) groups is 1. The number of ketones is 1. The molecule has 0 bridgehead atoms. The van der Waals surface area contributed by atoms with Gasteiger partial charge in [0.15, 0.2) is 5.78 Å². The summed E-state index contributed by atoms with van der Waals surface area (Å²) in [5.74, 6) is -0.203. The van der Waals surface area contributed by atoms with Crippen LogP contribution in [-0.2, 0) is 6.54 Å². The van der Waals surface area contributed by atoms with E-state index in [-0.39, 0.29) is 5.78 Å². The number of nitrogens with two attached hydrogens (primary N) is 1. The second-order valence-corrected chi connectivity index (χ2v) is 5.82. The normalized spacial score (nSPS) is 10.7. The first kappa shape index (κ1) is 15.7. The van der Waals surface area contributed by atoms with Crippen LogP contribution in [0.2, 0.25) is 10.0 Å². The lowest BCUT2D eigenvalue weighted by molar-refractivity contribution is 0.103. The van der Waals surface area contributed by atoms with Gasteiger partial charge in [-0.25, -0.2) is 0 Å². The number of hydrogen-bond acceptors (Lipinski definition) is 3. The number of aromatic amines is 1. The minimum absolute atomic E-state index is 0.203. The fourth-order valence-corrected chi connectivity index (χ4v) is 2.81. The van der Waals surface area contributed by atoms with Crippen molar-refractivity contribution in [3.05, 3.63) is 75.4 Å². The Hall–Kier alpha value is -2.14. The van der Waals surface area contributed by atoms with Crippen LogP contribution in [0.15, 0.2) is 48.7 Å². The van der Waals surface area contributed by atoms with Crippen LogP contribution in [0, 0.1) is 0 Å². The second-order valence-electron chi connectivity index (χ2n) is 4.97. The number of carbonyl (C=O) groups excluding carboxylic acids is 1. The Labute approximate surface area is 143 Å². The molecule has 0 amide bonds. The molecular formula is C17H13Cl2N3O. The third-order valence-electron chi connectivity index (χ3n) is 3.55. The maximum Gasteiger partial charge on any atom is 0.195 e. The number of benzene rings is 2. The van der Waals surface area contributed by atoms with Gasteiger partial charge >= 0.3 is 0 Å². The van der Waals surface area contributed by atoms with Crippen molar-refractivity contribution in [3.63, 3.8) is 0 Å². The molecule has 0 spiro atoms. The van der Waals surface area contributed by atoms with Crippen LogP contribution < -0.4 is 5.73 Å². The summed E-state index contributed by atoms with van der Waals surface area (Å²) in [6, 6.07) is 12.0. The van der Waals surface area contributed by atoms with Gasteiger partial charge in [0.05, 0.1) is 16.9 Å². The van der Waals surface area contributed by atoms with Crippen LogP contribution >= 0.6 is 23.2 Å². The zero-order valence-corrected chi connectivity index (χ0v) is 13.5. The number of hydrogen-bond donors (Lipinski definition) is 2. The number of nitrogens with zero attached hydrogens (tertiary/aromatic N) is 1. The molecule has 6 heteroatoms. The monoisotopic (exact) mass is 345 g/mol. The molecule has 1 aromatic heterocycles. The van der Waals surface area contributed by atoms with E-state index in [9.17, 15) is 4.79 Å². The van der Waals surface area contributed by atoms with Gasteiger partial charge in [-0.05, 0) is 24.3 Å². The molecule has 0 aliphatic heterocycles. The summed E-state index contributed by atoms with van der Waals surface area (Å²) in [5.41, 5.74) is 8.82. The largest absolute Gasteiger partial charge is 0.326 e. The third-order valence-corrected chi connectivity index (χ3v) is 4.12. The van der Waals surface area contributed by atoms with Gasteiger partial charge in [-0.1, -0.05) is 41.4 Å². The van der Waals surface area contributed by atoms with E-state index in [1.165, 1.54) is 0 Å². The average Bonchev–Trinajstić information content (AvgIpc) is 3.03. The minimum atomic E-state index is -0.203. The molecule has 0 atom stereocenters. The topological polar surface area (TPSA) is 71.8 Å². The van der Waals surface area contributed by atoms with E-state index < -0.39 is 0 Å². The van der Waals surface area contributed by atoms with E-state index in [1.54, 1.807) is 48.7 Å². The molecule has 3 N–H and O–H groups in total. The Morgan fingerprint density at radius 3 is 2.65 bits per heavy atom. The predicted molar refractivity (Wildman–Crippen MR) is 91.8 cm³/mol. The zero-order chi connectivity index (χ0) is 16.4. The van der Waals surface area contributed by atoms with Gasteiger partial charge in [0.2, 0.25) is 0 Å². The molecule has 0 radical (unpaired) electrons. The first-order valence-corrected chi connectivity index (χ1v) is 7.69. The maximum absolute atomic E-state index is 12.9. The summed E-state index contributed by atoms with van der Waals surface area (Å²) in [7, 11) is 0. The lowest BCUT2D eigenvalue weighted by Gasteiger charge is -2.10. The molecule has 0 unspecified atom stereocenters. The predicted octanol–water partition coefficient (Wildman–Crippen LogP) is 4.07. The van der Waals surface area contributed by atoms with Crippen molar-refractivity contribution < 1.29 is 4.79 Å². The number of nitrogens with one attached hydrogen (secondary N) is 1. The number of aromatic nitrogens is 2. The van der Waals surface area contributed by atoms with Crippen LogP contribution in [0.5, 0.6) is 0 Å². The highest BCUT2D eigenvalue weighted by atomic mass is 35.5. The molecule has 0 saturated carbocycles. The van der Waals surface area contributed by atoms with Gasteiger partial charge in [0.1, 0.15) is 0 Å². The molecule has 1 heterocycles. The fraction of sp³-hybridized carbons (Fsp3) is 0.0588. The van der Waals surface area contributed by atoms with E-state index in [0.29, 0.717) is 39.0 Å². The molecule has 4 nitrogen and oxygen atoms in total. The van der Waals surface area contributed by atoms with Gasteiger partial charge in [-0.2, -0.15) is 5.10 Å². The van der Waals surface area contributed by atoms with Crippen molar-refractivity contribution >= 4 is 29.0 Å². The van der Waals surface area contributed by atoms with E-state index in [4.69, 9.17) is 28.9 Å². The van der Waals surface area contributed by atoms with Crippen LogP contribution in [0.3, 0.4) is 0 Å². The summed E-state index contributed by atoms with van der Waals surface area (Å²) in [6.45, 7) is 0.314. The Bertz CT molecular complexity index is 874. The highest BCUT2D eigenvalue weighted by molar-refractivity contribution is 6.35. The van der Waals surface area contributed by atoms with Crippen LogP contribution in [0.4, 0.5) is 0 Å². The van der Waals surface area contributed by atoms with Gasteiger partial charge < -0.3 is 5.73 Å². The SMILES string of the molecule is NCc1cn[nH]c1-c1ccc(Cl)cc1C(=O)c1ccccc1Cl. The van der Waals surface area contributed by atoms with Crippen molar-refractivity contribution in [2.75, 3.05) is 0 Å². The molecule has 2 aromatic carbocycles. The van der Waals surface area contributed by atoms with Crippen molar-refractivity contribution in [2.24, 2.45) is 5.73 Å². The molecule has 3 rings (SSSR count). The summed E-state index contributed by atoms with van der Waals surface area (Å²) in [6.07, 6.45) is 1.65. The number of H-pyrrole nitrogens is 1. The van der Waals surface area contributed by atoms with Crippen LogP contribution in [0.25, 0.3) is 11.3 Å². The summed E-state index contributed by atoms with van der Waals surface area (Å²) in [4.78, 5) is 12.9. The lowest BCUT2D eigenvalue weighted by Crippen LogP contribution is -2.06. The third kappa shape index (κ3) is 3.01. The smallest absolute Gasteiger partial charge is 0.195 e. The van der Waals surface area contributed by atoms with Gasteiger partial charge in [0.25, 0.3) is 0 Å². The first-order chi connectivity index (χ1) is 11.1. The lowest BCUT2D eigenvalue weighted by atomic mass is 9.95. The van der Waals surface area contributed by atoms with Crippen molar-refractivity contribution in [3.8, 4) is 11.3 Å². The molecule has 116 valence electrons. The zero-order valence-electron chi connectivity index (χ0n) is 12.0. The van der Waals surface area contributed by atoms with E-state index in [2.05, 4.69) is 10.2 Å². The molecule has 23 heavy (non-hydrogen) atoms. The van der Waals surface area contributed by atoms with E-state index in [0.717, 1.165) is 5.56 Å². The second kappa shape index (κ2) is 6.54. The number of rotatable bonds is 4. The standard InChI is InChI=1S/C17H13Cl2N3O/c18-11-5-6-12(16-10(8-20)9-21-22-16)14(7-11)17(23)13-3-1-2-4-15(13)19/h1-7,9H,8,20H2,(H,21,22). The molecule has 0 fully saturated rings. The van der Waals surface area contributed by atoms with Crippen molar-refractivity contribution in [1.82, 2.24) is 10.2 Å². The van der Waals surface area contributed by atoms with Crippen molar-refractivity contribution in [1.29, 1.82) is 0 Å². The first-order valence-electron chi connectivity index (χ1n) is 6.93. The average molecular weight is 346 g/mol. The van der Waals surface area contributed by atoms with Crippen LogP contribution in [0.1, 0.15) is 21.5 Å². The summed E-state index contributed by atoms with van der Waals surface area (Å²) >= 11 is 12.2. The number of halogens is 2. The highest BCUT2D eigenvalue weighted by Gasteiger charge is 2.19. The van der Waals surface area contributed by atoms with Gasteiger partial charge in [0, 0.05) is 33.8 Å². The van der Waals surface area contributed by atoms with E-state index >= 15 is 0 Å². The molecule has 0 aliphatic rings. The molecule has 0 saturated heterocycles. The molecule has 0 aliphatic carbocycles. The van der Waals surface area contributed by atoms with Gasteiger partial charge in [-0.3, -0.25) is 9.89 Å². The van der Waals surface area contributed by atoms with Crippen LogP contribution in [-0.4, -0.2) is 16.0 Å². The Balaban J connectivity index is 2.18. The summed E-state index contributed by atoms with van der Waals surface area (Å²) < 4.78 is 0. The quantitative estimate of drug-likeness (QED) is 0.700.